The third kappa shape index (κ3) is 3.55. The molecule has 2 aromatic rings. The summed E-state index contributed by atoms with van der Waals surface area (Å²) in [5, 5.41) is 1.07. The zero-order valence-corrected chi connectivity index (χ0v) is 13.9. The molecular formula is C16H21NOS2. The van der Waals surface area contributed by atoms with Gasteiger partial charge in [0.1, 0.15) is 10.8 Å². The van der Waals surface area contributed by atoms with Crippen LogP contribution in [0.4, 0.5) is 0 Å². The highest BCUT2D eigenvalue weighted by Gasteiger charge is 2.14. The van der Waals surface area contributed by atoms with Gasteiger partial charge in [0.2, 0.25) is 0 Å². The molecule has 0 aliphatic heterocycles. The van der Waals surface area contributed by atoms with Crippen molar-refractivity contribution in [2.75, 3.05) is 6.61 Å². The number of nitrogens with zero attached hydrogens (tertiary/aromatic N) is 1. The van der Waals surface area contributed by atoms with Crippen LogP contribution in [-0.2, 0) is 5.75 Å². The van der Waals surface area contributed by atoms with Gasteiger partial charge in [0.15, 0.2) is 0 Å². The van der Waals surface area contributed by atoms with E-state index in [9.17, 15) is 0 Å². The van der Waals surface area contributed by atoms with Crippen molar-refractivity contribution in [1.29, 1.82) is 0 Å². The van der Waals surface area contributed by atoms with Crippen LogP contribution in [0.5, 0.6) is 5.75 Å². The first-order valence-electron chi connectivity index (χ1n) is 6.99. The van der Waals surface area contributed by atoms with Gasteiger partial charge in [0.25, 0.3) is 0 Å². The summed E-state index contributed by atoms with van der Waals surface area (Å²) in [5.41, 5.74) is 2.32. The number of ether oxygens (including phenoxy) is 1. The summed E-state index contributed by atoms with van der Waals surface area (Å²) in [7, 11) is 0. The molecule has 0 unspecified atom stereocenters. The van der Waals surface area contributed by atoms with Crippen LogP contribution in [0.1, 0.15) is 43.7 Å². The summed E-state index contributed by atoms with van der Waals surface area (Å²) in [4.78, 5) is 6.04. The Kier molecular flexibility index (Phi) is 5.49. The van der Waals surface area contributed by atoms with Gasteiger partial charge in [-0.25, -0.2) is 4.98 Å². The van der Waals surface area contributed by atoms with E-state index < -0.39 is 0 Å². The Hall–Kier alpha value is -1.00. The number of benzene rings is 1. The standard InChI is InChI=1S/C16H21NOS2/c1-4-9-18-13-7-5-12(6-8-13)16-17-15(11(2)3)14(10-19)20-16/h5-8,11,19H,4,9-10H2,1-3H3. The van der Waals surface area contributed by atoms with E-state index in [1.807, 2.05) is 12.1 Å². The molecule has 1 aromatic heterocycles. The van der Waals surface area contributed by atoms with Gasteiger partial charge in [-0.1, -0.05) is 20.8 Å². The monoisotopic (exact) mass is 307 g/mol. The lowest BCUT2D eigenvalue weighted by molar-refractivity contribution is 0.317. The molecule has 0 radical (unpaired) electrons. The number of thiol groups is 1. The summed E-state index contributed by atoms with van der Waals surface area (Å²) in [6.45, 7) is 7.22. The fraction of sp³-hybridized carbons (Fsp3) is 0.438. The van der Waals surface area contributed by atoms with Gasteiger partial charge in [-0.3, -0.25) is 0 Å². The molecule has 0 aliphatic carbocycles. The largest absolute Gasteiger partial charge is 0.494 e. The number of aromatic nitrogens is 1. The van der Waals surface area contributed by atoms with Crippen molar-refractivity contribution in [3.05, 3.63) is 34.8 Å². The zero-order valence-electron chi connectivity index (χ0n) is 12.2. The van der Waals surface area contributed by atoms with Gasteiger partial charge in [-0.15, -0.1) is 11.3 Å². The van der Waals surface area contributed by atoms with Gasteiger partial charge in [-0.2, -0.15) is 12.6 Å². The Morgan fingerprint density at radius 3 is 2.45 bits per heavy atom. The highest BCUT2D eigenvalue weighted by Crippen LogP contribution is 2.33. The van der Waals surface area contributed by atoms with E-state index >= 15 is 0 Å². The third-order valence-corrected chi connectivity index (χ3v) is 4.64. The normalized spacial score (nSPS) is 11.1. The SMILES string of the molecule is CCCOc1ccc(-c2nc(C(C)C)c(CS)s2)cc1. The van der Waals surface area contributed by atoms with Gasteiger partial charge >= 0.3 is 0 Å². The molecule has 2 rings (SSSR count). The molecule has 4 heteroatoms. The van der Waals surface area contributed by atoms with Crippen LogP contribution in [0.25, 0.3) is 10.6 Å². The quantitative estimate of drug-likeness (QED) is 0.745. The fourth-order valence-corrected chi connectivity index (χ4v) is 3.40. The fourth-order valence-electron chi connectivity index (χ4n) is 1.97. The van der Waals surface area contributed by atoms with Crippen LogP contribution in [0, 0.1) is 0 Å². The molecule has 0 spiro atoms. The zero-order chi connectivity index (χ0) is 14.5. The molecular weight excluding hydrogens is 286 g/mol. The van der Waals surface area contributed by atoms with Gasteiger partial charge in [-0.05, 0) is 36.6 Å². The average Bonchev–Trinajstić information content (AvgIpc) is 2.90. The average molecular weight is 307 g/mol. The summed E-state index contributed by atoms with van der Waals surface area (Å²) in [5.74, 6) is 2.11. The van der Waals surface area contributed by atoms with Crippen molar-refractivity contribution in [3.8, 4) is 16.3 Å². The van der Waals surface area contributed by atoms with E-state index in [1.165, 1.54) is 10.6 Å². The minimum absolute atomic E-state index is 0.439. The first-order valence-corrected chi connectivity index (χ1v) is 8.44. The van der Waals surface area contributed by atoms with E-state index in [4.69, 9.17) is 9.72 Å². The molecule has 0 fully saturated rings. The molecule has 1 heterocycles. The van der Waals surface area contributed by atoms with E-state index in [0.29, 0.717) is 5.92 Å². The second kappa shape index (κ2) is 7.14. The number of thiazole rings is 1. The van der Waals surface area contributed by atoms with Gasteiger partial charge < -0.3 is 4.74 Å². The predicted molar refractivity (Wildman–Crippen MR) is 90.1 cm³/mol. The van der Waals surface area contributed by atoms with Crippen molar-refractivity contribution in [2.45, 2.75) is 38.9 Å². The Balaban J connectivity index is 2.23. The van der Waals surface area contributed by atoms with Crippen LogP contribution in [0.2, 0.25) is 0 Å². The van der Waals surface area contributed by atoms with Crippen LogP contribution in [0.15, 0.2) is 24.3 Å². The lowest BCUT2D eigenvalue weighted by Gasteiger charge is -2.04. The second-order valence-electron chi connectivity index (χ2n) is 5.01. The molecule has 0 amide bonds. The first kappa shape index (κ1) is 15.4. The Morgan fingerprint density at radius 2 is 1.95 bits per heavy atom. The molecule has 20 heavy (non-hydrogen) atoms. The Bertz CT molecular complexity index is 546. The molecule has 0 saturated carbocycles. The highest BCUT2D eigenvalue weighted by molar-refractivity contribution is 7.79. The van der Waals surface area contributed by atoms with Crippen LogP contribution in [0.3, 0.4) is 0 Å². The van der Waals surface area contributed by atoms with Crippen molar-refractivity contribution in [1.82, 2.24) is 4.98 Å². The second-order valence-corrected chi connectivity index (χ2v) is 6.41. The van der Waals surface area contributed by atoms with Crippen molar-refractivity contribution >= 4 is 24.0 Å². The van der Waals surface area contributed by atoms with Crippen molar-refractivity contribution in [3.63, 3.8) is 0 Å². The lowest BCUT2D eigenvalue weighted by Crippen LogP contribution is -1.94. The maximum atomic E-state index is 5.61. The van der Waals surface area contributed by atoms with Crippen molar-refractivity contribution in [2.24, 2.45) is 0 Å². The summed E-state index contributed by atoms with van der Waals surface area (Å²) in [6.07, 6.45) is 1.03. The van der Waals surface area contributed by atoms with Crippen LogP contribution >= 0.6 is 24.0 Å². The van der Waals surface area contributed by atoms with Gasteiger partial charge in [0.05, 0.1) is 12.3 Å². The predicted octanol–water partition coefficient (Wildman–Crippen LogP) is 5.15. The van der Waals surface area contributed by atoms with Crippen molar-refractivity contribution < 1.29 is 4.74 Å². The molecule has 0 bridgehead atoms. The maximum absolute atomic E-state index is 5.61. The van der Waals surface area contributed by atoms with Crippen LogP contribution < -0.4 is 4.74 Å². The maximum Gasteiger partial charge on any atom is 0.123 e. The number of hydrogen-bond acceptors (Lipinski definition) is 4. The summed E-state index contributed by atoms with van der Waals surface area (Å²) in [6, 6.07) is 8.19. The minimum Gasteiger partial charge on any atom is -0.494 e. The van der Waals surface area contributed by atoms with Crippen LogP contribution in [-0.4, -0.2) is 11.6 Å². The minimum atomic E-state index is 0.439. The smallest absolute Gasteiger partial charge is 0.123 e. The Morgan fingerprint density at radius 1 is 1.25 bits per heavy atom. The van der Waals surface area contributed by atoms with E-state index in [-0.39, 0.29) is 0 Å². The molecule has 0 N–H and O–H groups in total. The number of rotatable bonds is 6. The number of hydrogen-bond donors (Lipinski definition) is 1. The molecule has 2 nitrogen and oxygen atoms in total. The van der Waals surface area contributed by atoms with E-state index in [1.54, 1.807) is 11.3 Å². The van der Waals surface area contributed by atoms with Gasteiger partial charge in [0, 0.05) is 16.2 Å². The lowest BCUT2D eigenvalue weighted by atomic mass is 10.1. The summed E-state index contributed by atoms with van der Waals surface area (Å²) < 4.78 is 5.61. The molecule has 0 atom stereocenters. The topological polar surface area (TPSA) is 22.1 Å². The third-order valence-electron chi connectivity index (χ3n) is 2.99. The van der Waals surface area contributed by atoms with E-state index in [0.717, 1.165) is 35.1 Å². The molecule has 1 aromatic carbocycles. The molecule has 0 aliphatic rings. The first-order chi connectivity index (χ1) is 9.65. The molecule has 0 saturated heterocycles. The highest BCUT2D eigenvalue weighted by atomic mass is 32.1. The summed E-state index contributed by atoms with van der Waals surface area (Å²) >= 11 is 6.14. The Labute approximate surface area is 130 Å². The van der Waals surface area contributed by atoms with E-state index in [2.05, 4.69) is 45.5 Å². The molecule has 108 valence electrons.